The second-order valence-corrected chi connectivity index (χ2v) is 3.78. The zero-order valence-electron chi connectivity index (χ0n) is 8.88. The van der Waals surface area contributed by atoms with Crippen LogP contribution in [0, 0.1) is 10.1 Å². The summed E-state index contributed by atoms with van der Waals surface area (Å²) in [5.74, 6) is 0. The molecule has 0 amide bonds. The molecule has 0 fully saturated rings. The van der Waals surface area contributed by atoms with E-state index in [1.54, 1.807) is 19.1 Å². The zero-order valence-corrected chi connectivity index (χ0v) is 8.88. The number of benzene rings is 1. The third-order valence-electron chi connectivity index (χ3n) is 2.24. The number of nitrogens with zero attached hydrogens (tertiary/aromatic N) is 1. The average Bonchev–Trinajstić information content (AvgIpc) is 2.29. The minimum Gasteiger partial charge on any atom is -0.394 e. The molecule has 0 saturated heterocycles. The fourth-order valence-corrected chi connectivity index (χ4v) is 1.19. The molecule has 1 rings (SSSR count). The van der Waals surface area contributed by atoms with Crippen LogP contribution >= 0.6 is 0 Å². The molecule has 3 N–H and O–H groups in total. The molecular weight excluding hydrogens is 212 g/mol. The fraction of sp³-hybridized carbons (Fsp3) is 0.400. The lowest BCUT2D eigenvalue weighted by Gasteiger charge is -2.27. The van der Waals surface area contributed by atoms with Crippen molar-refractivity contribution in [3.8, 4) is 0 Å². The number of aliphatic hydroxyl groups is 2. The van der Waals surface area contributed by atoms with Crippen molar-refractivity contribution in [2.45, 2.75) is 12.5 Å². The SMILES string of the molecule is CC(CO)(CO)Nc1ccccc1[N+](=O)[O-]. The number of hydrogen-bond acceptors (Lipinski definition) is 5. The van der Waals surface area contributed by atoms with Crippen LogP contribution in [0.3, 0.4) is 0 Å². The molecule has 6 nitrogen and oxygen atoms in total. The lowest BCUT2D eigenvalue weighted by atomic mass is 10.0. The minimum absolute atomic E-state index is 0.0874. The van der Waals surface area contributed by atoms with Gasteiger partial charge in [-0.2, -0.15) is 0 Å². The summed E-state index contributed by atoms with van der Waals surface area (Å²) in [5.41, 5.74) is -0.791. The smallest absolute Gasteiger partial charge is 0.292 e. The number of nitro groups is 1. The molecule has 6 heteroatoms. The van der Waals surface area contributed by atoms with Crippen LogP contribution < -0.4 is 5.32 Å². The van der Waals surface area contributed by atoms with E-state index in [1.165, 1.54) is 12.1 Å². The molecule has 0 aliphatic carbocycles. The summed E-state index contributed by atoms with van der Waals surface area (Å²) in [7, 11) is 0. The molecule has 1 aromatic carbocycles. The van der Waals surface area contributed by atoms with Gasteiger partial charge in [0.2, 0.25) is 0 Å². The van der Waals surface area contributed by atoms with Gasteiger partial charge in [-0.1, -0.05) is 12.1 Å². The molecule has 0 atom stereocenters. The number of para-hydroxylation sites is 2. The summed E-state index contributed by atoms with van der Waals surface area (Å²) in [6.45, 7) is 0.925. The van der Waals surface area contributed by atoms with E-state index in [0.29, 0.717) is 0 Å². The summed E-state index contributed by atoms with van der Waals surface area (Å²) in [4.78, 5) is 10.2. The highest BCUT2D eigenvalue weighted by Gasteiger charge is 2.25. The quantitative estimate of drug-likeness (QED) is 0.508. The monoisotopic (exact) mass is 226 g/mol. The van der Waals surface area contributed by atoms with Gasteiger partial charge in [0.1, 0.15) is 5.69 Å². The molecule has 0 aliphatic heterocycles. The van der Waals surface area contributed by atoms with Gasteiger partial charge in [0.15, 0.2) is 0 Å². The van der Waals surface area contributed by atoms with E-state index in [9.17, 15) is 10.1 Å². The maximum Gasteiger partial charge on any atom is 0.292 e. The maximum atomic E-state index is 10.7. The average molecular weight is 226 g/mol. The van der Waals surface area contributed by atoms with E-state index < -0.39 is 10.5 Å². The molecule has 1 aromatic rings. The van der Waals surface area contributed by atoms with Crippen molar-refractivity contribution in [1.29, 1.82) is 0 Å². The van der Waals surface area contributed by atoms with Crippen LogP contribution in [0.2, 0.25) is 0 Å². The Hall–Kier alpha value is -1.66. The van der Waals surface area contributed by atoms with E-state index >= 15 is 0 Å². The molecule has 16 heavy (non-hydrogen) atoms. The van der Waals surface area contributed by atoms with Crippen molar-refractivity contribution < 1.29 is 15.1 Å². The molecule has 0 saturated carbocycles. The lowest BCUT2D eigenvalue weighted by molar-refractivity contribution is -0.384. The summed E-state index contributed by atoms with van der Waals surface area (Å²) in [6, 6.07) is 6.09. The Bertz CT molecular complexity index is 377. The third kappa shape index (κ3) is 2.68. The number of aliphatic hydroxyl groups excluding tert-OH is 2. The summed E-state index contributed by atoms with van der Waals surface area (Å²) >= 11 is 0. The first-order valence-corrected chi connectivity index (χ1v) is 4.76. The van der Waals surface area contributed by atoms with E-state index in [1.807, 2.05) is 0 Å². The van der Waals surface area contributed by atoms with E-state index in [4.69, 9.17) is 10.2 Å². The number of nitrogens with one attached hydrogen (secondary N) is 1. The Morgan fingerprint density at radius 1 is 1.38 bits per heavy atom. The molecular formula is C10H14N2O4. The first-order valence-electron chi connectivity index (χ1n) is 4.76. The van der Waals surface area contributed by atoms with Crippen LogP contribution in [0.5, 0.6) is 0 Å². The van der Waals surface area contributed by atoms with Crippen LogP contribution in [-0.4, -0.2) is 33.9 Å². The summed E-state index contributed by atoms with van der Waals surface area (Å²) < 4.78 is 0. The van der Waals surface area contributed by atoms with Crippen LogP contribution in [-0.2, 0) is 0 Å². The summed E-state index contributed by atoms with van der Waals surface area (Å²) in [6.07, 6.45) is 0. The van der Waals surface area contributed by atoms with Crippen molar-refractivity contribution in [3.63, 3.8) is 0 Å². The second kappa shape index (κ2) is 4.91. The van der Waals surface area contributed by atoms with Gasteiger partial charge in [-0.25, -0.2) is 0 Å². The standard InChI is InChI=1S/C10H14N2O4/c1-10(6-13,7-14)11-8-4-2-3-5-9(8)12(15)16/h2-5,11,13-14H,6-7H2,1H3. The highest BCUT2D eigenvalue weighted by molar-refractivity contribution is 5.62. The second-order valence-electron chi connectivity index (χ2n) is 3.78. The largest absolute Gasteiger partial charge is 0.394 e. The predicted octanol–water partition coefficient (Wildman–Crippen LogP) is 0.750. The highest BCUT2D eigenvalue weighted by atomic mass is 16.6. The van der Waals surface area contributed by atoms with Gasteiger partial charge in [-0.05, 0) is 13.0 Å². The number of anilines is 1. The van der Waals surface area contributed by atoms with Gasteiger partial charge in [-0.15, -0.1) is 0 Å². The zero-order chi connectivity index (χ0) is 12.2. The minimum atomic E-state index is -0.980. The molecule has 0 heterocycles. The van der Waals surface area contributed by atoms with Crippen LogP contribution in [0.1, 0.15) is 6.92 Å². The highest BCUT2D eigenvalue weighted by Crippen LogP contribution is 2.26. The van der Waals surface area contributed by atoms with Gasteiger partial charge in [0.05, 0.1) is 23.7 Å². The molecule has 0 aliphatic rings. The van der Waals surface area contributed by atoms with Crippen LogP contribution in [0.4, 0.5) is 11.4 Å². The Morgan fingerprint density at radius 3 is 2.44 bits per heavy atom. The molecule has 0 aromatic heterocycles. The first kappa shape index (κ1) is 12.4. The first-order chi connectivity index (χ1) is 7.52. The van der Waals surface area contributed by atoms with Crippen LogP contribution in [0.15, 0.2) is 24.3 Å². The Kier molecular flexibility index (Phi) is 3.81. The maximum absolute atomic E-state index is 10.7. The summed E-state index contributed by atoms with van der Waals surface area (Å²) in [5, 5.41) is 31.7. The number of rotatable bonds is 5. The van der Waals surface area contributed by atoms with Gasteiger partial charge in [0.25, 0.3) is 5.69 Å². The van der Waals surface area contributed by atoms with Gasteiger partial charge >= 0.3 is 0 Å². The van der Waals surface area contributed by atoms with Crippen molar-refractivity contribution >= 4 is 11.4 Å². The molecule has 0 unspecified atom stereocenters. The third-order valence-corrected chi connectivity index (χ3v) is 2.24. The Morgan fingerprint density at radius 2 is 1.94 bits per heavy atom. The Labute approximate surface area is 92.7 Å². The molecule has 0 radical (unpaired) electrons. The number of nitro benzene ring substituents is 1. The van der Waals surface area contributed by atoms with Crippen LogP contribution in [0.25, 0.3) is 0 Å². The van der Waals surface area contributed by atoms with Crippen molar-refractivity contribution in [1.82, 2.24) is 0 Å². The van der Waals surface area contributed by atoms with Crippen molar-refractivity contribution in [2.75, 3.05) is 18.5 Å². The normalized spacial score (nSPS) is 11.2. The van der Waals surface area contributed by atoms with E-state index in [2.05, 4.69) is 5.32 Å². The Balaban J connectivity index is 3.01. The topological polar surface area (TPSA) is 95.6 Å². The van der Waals surface area contributed by atoms with Gasteiger partial charge < -0.3 is 15.5 Å². The number of hydrogen-bond donors (Lipinski definition) is 3. The van der Waals surface area contributed by atoms with Gasteiger partial charge in [0, 0.05) is 6.07 Å². The van der Waals surface area contributed by atoms with E-state index in [0.717, 1.165) is 0 Å². The van der Waals surface area contributed by atoms with Crippen molar-refractivity contribution in [2.24, 2.45) is 0 Å². The molecule has 0 spiro atoms. The molecule has 0 bridgehead atoms. The van der Waals surface area contributed by atoms with Crippen molar-refractivity contribution in [3.05, 3.63) is 34.4 Å². The fourth-order valence-electron chi connectivity index (χ4n) is 1.19. The molecule has 88 valence electrons. The lowest BCUT2D eigenvalue weighted by Crippen LogP contribution is -2.42. The van der Waals surface area contributed by atoms with E-state index in [-0.39, 0.29) is 24.6 Å². The predicted molar refractivity (Wildman–Crippen MR) is 59.3 cm³/mol. The van der Waals surface area contributed by atoms with Gasteiger partial charge in [-0.3, -0.25) is 10.1 Å².